The molecule has 0 aliphatic carbocycles. The van der Waals surface area contributed by atoms with Crippen LogP contribution in [0.1, 0.15) is 31.7 Å². The van der Waals surface area contributed by atoms with E-state index in [1.165, 1.54) is 0 Å². The van der Waals surface area contributed by atoms with Gasteiger partial charge in [0.2, 0.25) is 5.91 Å². The van der Waals surface area contributed by atoms with Crippen LogP contribution in [0.3, 0.4) is 0 Å². The summed E-state index contributed by atoms with van der Waals surface area (Å²) < 4.78 is 10.8. The SMILES string of the molecule is CC#CC#CC#CC#CC#CC#CC#CC#CC#CC#CC#CC#CC(=O)N[C@@H](CO[C@H]1OC(CO)[C@H](O)[C@H](O)C1O)[C@H](O)[C@H](O)CCCC(=O)Nc1ccc(C)cc1. The van der Waals surface area contributed by atoms with Crippen LogP contribution in [-0.4, -0.2) is 105 Å². The second-order valence-electron chi connectivity index (χ2n) is 11.6. The molecule has 59 heavy (non-hydrogen) atoms. The van der Waals surface area contributed by atoms with E-state index in [9.17, 15) is 40.2 Å². The standard InChI is InChI=1S/C47H36N2O10/c1-3-4-5-6-7-8-9-10-11-12-13-14-15-16-17-18-19-20-21-22-23-24-25-28-42(53)49-38(35-58-47-46(57)45(56)44(55)40(34-50)59-47)43(54)39(51)27-26-29-41(52)48-37-32-30-36(2)31-33-37/h30-33,38-40,43-47,50-51,54-57H,26-27,29,34-35H2,1-2H3,(H,48,52)(H,49,53)/t38-,39+,40?,43-,44-,45-,46?,47-/m0/s1. The maximum atomic E-state index is 12.6. The molecular formula is C47H36N2O10. The van der Waals surface area contributed by atoms with Gasteiger partial charge in [0.1, 0.15) is 30.5 Å². The summed E-state index contributed by atoms with van der Waals surface area (Å²) in [6, 6.07) is 5.82. The molecule has 0 bridgehead atoms. The fourth-order valence-corrected chi connectivity index (χ4v) is 4.38. The molecule has 12 heteroatoms. The molecule has 2 unspecified atom stereocenters. The molecule has 0 spiro atoms. The molecule has 294 valence electrons. The highest BCUT2D eigenvalue weighted by Crippen LogP contribution is 2.22. The Morgan fingerprint density at radius 1 is 0.712 bits per heavy atom. The molecule has 8 atom stereocenters. The fraction of sp³-hybridized carbons (Fsp3) is 0.319. The molecule has 8 N–H and O–H groups in total. The molecule has 1 aliphatic heterocycles. The molecule has 1 aliphatic rings. The lowest BCUT2D eigenvalue weighted by Gasteiger charge is -2.40. The molecular weight excluding hydrogens is 753 g/mol. The number of aryl methyl sites for hydroxylation is 1. The molecule has 1 saturated heterocycles. The number of hydrogen-bond donors (Lipinski definition) is 8. The number of nitrogens with one attached hydrogen (secondary N) is 2. The Balaban J connectivity index is 1.98. The summed E-state index contributed by atoms with van der Waals surface area (Å²) in [4.78, 5) is 25.0. The first kappa shape index (κ1) is 47.7. The van der Waals surface area contributed by atoms with Crippen molar-refractivity contribution in [3.05, 3.63) is 29.8 Å². The van der Waals surface area contributed by atoms with Gasteiger partial charge in [0.25, 0.3) is 5.91 Å². The van der Waals surface area contributed by atoms with E-state index < -0.39 is 68.1 Å². The number of aliphatic hydroxyl groups is 6. The topological polar surface area (TPSA) is 198 Å². The fourth-order valence-electron chi connectivity index (χ4n) is 4.38. The third kappa shape index (κ3) is 20.3. The van der Waals surface area contributed by atoms with E-state index in [-0.39, 0.29) is 25.2 Å². The zero-order valence-corrected chi connectivity index (χ0v) is 31.8. The number of aliphatic hydroxyl groups excluding tert-OH is 6. The molecule has 1 aromatic rings. The summed E-state index contributed by atoms with van der Waals surface area (Å²) >= 11 is 0. The van der Waals surface area contributed by atoms with Crippen LogP contribution < -0.4 is 10.6 Å². The van der Waals surface area contributed by atoms with Crippen LogP contribution in [0.4, 0.5) is 5.69 Å². The highest BCUT2D eigenvalue weighted by atomic mass is 16.7. The van der Waals surface area contributed by atoms with E-state index >= 15 is 0 Å². The highest BCUT2D eigenvalue weighted by molar-refractivity contribution is 5.94. The summed E-state index contributed by atoms with van der Waals surface area (Å²) in [7, 11) is 0. The summed E-state index contributed by atoms with van der Waals surface area (Å²) in [5.41, 5.74) is 1.63. The third-order valence-electron chi connectivity index (χ3n) is 7.26. The van der Waals surface area contributed by atoms with E-state index in [1.54, 1.807) is 19.1 Å². The minimum atomic E-state index is -1.76. The van der Waals surface area contributed by atoms with Crippen molar-refractivity contribution < 1.29 is 49.7 Å². The Kier molecular flexibility index (Phi) is 23.4. The Morgan fingerprint density at radius 2 is 1.19 bits per heavy atom. The van der Waals surface area contributed by atoms with Gasteiger partial charge in [-0.05, 0) is 134 Å². The summed E-state index contributed by atoms with van der Waals surface area (Å²) in [6.45, 7) is 2.28. The number of anilines is 1. The number of benzene rings is 1. The highest BCUT2D eigenvalue weighted by Gasteiger charge is 2.44. The normalized spacial score (nSPS) is 17.7. The van der Waals surface area contributed by atoms with Crippen molar-refractivity contribution in [1.82, 2.24) is 5.32 Å². The Bertz CT molecular complexity index is 2440. The van der Waals surface area contributed by atoms with Crippen LogP contribution in [-0.2, 0) is 19.1 Å². The van der Waals surface area contributed by atoms with E-state index in [2.05, 4.69) is 153 Å². The minimum Gasteiger partial charge on any atom is -0.394 e. The van der Waals surface area contributed by atoms with E-state index in [1.807, 2.05) is 19.1 Å². The van der Waals surface area contributed by atoms with Crippen LogP contribution in [0.25, 0.3) is 0 Å². The largest absolute Gasteiger partial charge is 0.394 e. The Labute approximate surface area is 344 Å². The average Bonchev–Trinajstić information content (AvgIpc) is 3.22. The van der Waals surface area contributed by atoms with Gasteiger partial charge in [-0.15, -0.1) is 0 Å². The lowest BCUT2D eigenvalue weighted by Crippen LogP contribution is -2.60. The van der Waals surface area contributed by atoms with Gasteiger partial charge in [-0.25, -0.2) is 0 Å². The Morgan fingerprint density at radius 3 is 1.66 bits per heavy atom. The molecule has 12 nitrogen and oxygen atoms in total. The molecule has 2 amide bonds. The van der Waals surface area contributed by atoms with Crippen LogP contribution >= 0.6 is 0 Å². The number of hydrogen-bond acceptors (Lipinski definition) is 10. The van der Waals surface area contributed by atoms with Crippen molar-refractivity contribution in [3.8, 4) is 142 Å². The van der Waals surface area contributed by atoms with Crippen molar-refractivity contribution in [2.24, 2.45) is 0 Å². The molecule has 0 radical (unpaired) electrons. The predicted molar refractivity (Wildman–Crippen MR) is 216 cm³/mol. The average molecular weight is 789 g/mol. The minimum absolute atomic E-state index is 0.0200. The van der Waals surface area contributed by atoms with Gasteiger partial charge >= 0.3 is 0 Å². The van der Waals surface area contributed by atoms with Crippen molar-refractivity contribution in [2.75, 3.05) is 18.5 Å². The molecule has 1 fully saturated rings. The first-order valence-electron chi connectivity index (χ1n) is 17.4. The van der Waals surface area contributed by atoms with E-state index in [0.29, 0.717) is 5.69 Å². The number of rotatable bonds is 12. The Hall–Kier alpha value is -7.44. The molecule has 1 aromatic carbocycles. The zero-order valence-electron chi connectivity index (χ0n) is 31.8. The van der Waals surface area contributed by atoms with Crippen molar-refractivity contribution in [3.63, 3.8) is 0 Å². The van der Waals surface area contributed by atoms with Gasteiger partial charge in [0, 0.05) is 53.6 Å². The lowest BCUT2D eigenvalue weighted by molar-refractivity contribution is -0.303. The predicted octanol–water partition coefficient (Wildman–Crippen LogP) is -1.81. The quantitative estimate of drug-likeness (QED) is 0.112. The van der Waals surface area contributed by atoms with Crippen molar-refractivity contribution in [2.45, 2.75) is 82.1 Å². The zero-order chi connectivity index (χ0) is 43.1. The van der Waals surface area contributed by atoms with E-state index in [0.717, 1.165) is 5.56 Å². The second-order valence-corrected chi connectivity index (χ2v) is 11.6. The molecule has 1 heterocycles. The first-order chi connectivity index (χ1) is 28.6. The van der Waals surface area contributed by atoms with Gasteiger partial charge in [-0.2, -0.15) is 0 Å². The number of ether oxygens (including phenoxy) is 2. The molecule has 2 rings (SSSR count). The van der Waals surface area contributed by atoms with Gasteiger partial charge in [-0.1, -0.05) is 23.6 Å². The van der Waals surface area contributed by atoms with E-state index in [4.69, 9.17) is 9.47 Å². The third-order valence-corrected chi connectivity index (χ3v) is 7.26. The van der Waals surface area contributed by atoms with Crippen LogP contribution in [0.15, 0.2) is 24.3 Å². The second kappa shape index (κ2) is 28.9. The summed E-state index contributed by atoms with van der Waals surface area (Å²) in [5.74, 6) is 57.5. The van der Waals surface area contributed by atoms with Crippen LogP contribution in [0, 0.1) is 149 Å². The number of amides is 2. The van der Waals surface area contributed by atoms with Crippen LogP contribution in [0.5, 0.6) is 0 Å². The maximum absolute atomic E-state index is 12.6. The number of carbonyl (C=O) groups excluding carboxylic acids is 2. The molecule has 0 saturated carbocycles. The van der Waals surface area contributed by atoms with Gasteiger partial charge in [-0.3, -0.25) is 9.59 Å². The maximum Gasteiger partial charge on any atom is 0.297 e. The van der Waals surface area contributed by atoms with Crippen molar-refractivity contribution in [1.29, 1.82) is 0 Å². The first-order valence-corrected chi connectivity index (χ1v) is 17.4. The van der Waals surface area contributed by atoms with Gasteiger partial charge < -0.3 is 50.7 Å². The van der Waals surface area contributed by atoms with Crippen LogP contribution in [0.2, 0.25) is 0 Å². The van der Waals surface area contributed by atoms with Gasteiger partial charge in [0.15, 0.2) is 6.29 Å². The van der Waals surface area contributed by atoms with Crippen molar-refractivity contribution >= 4 is 17.5 Å². The molecule has 0 aromatic heterocycles. The monoisotopic (exact) mass is 788 g/mol. The lowest BCUT2D eigenvalue weighted by atomic mass is 9.99. The smallest absolute Gasteiger partial charge is 0.297 e. The summed E-state index contributed by atoms with van der Waals surface area (Å²) in [6.07, 6.45) is -11.0. The summed E-state index contributed by atoms with van der Waals surface area (Å²) in [5, 5.41) is 66.8. The van der Waals surface area contributed by atoms with Gasteiger partial charge in [0.05, 0.1) is 25.4 Å². The number of carbonyl (C=O) groups is 2.